The lowest BCUT2D eigenvalue weighted by Gasteiger charge is -2.22. The van der Waals surface area contributed by atoms with Crippen LogP contribution in [0.4, 0.5) is 0 Å². The molecule has 0 aromatic carbocycles. The van der Waals surface area contributed by atoms with Crippen LogP contribution in [-0.2, 0) is 9.53 Å². The lowest BCUT2D eigenvalue weighted by atomic mass is 9.84. The van der Waals surface area contributed by atoms with Gasteiger partial charge in [-0.05, 0) is 37.1 Å². The van der Waals surface area contributed by atoms with E-state index < -0.39 is 0 Å². The van der Waals surface area contributed by atoms with E-state index in [2.05, 4.69) is 6.08 Å². The fraction of sp³-hybridized carbons (Fsp3) is 0.583. The first-order chi connectivity index (χ1) is 7.26. The molecule has 0 radical (unpaired) electrons. The van der Waals surface area contributed by atoms with E-state index >= 15 is 0 Å². The summed E-state index contributed by atoms with van der Waals surface area (Å²) in [7, 11) is 1.42. The number of allylic oxidation sites excluding steroid dienone is 2. The molecule has 3 atom stereocenters. The van der Waals surface area contributed by atoms with Gasteiger partial charge in [0.25, 0.3) is 0 Å². The van der Waals surface area contributed by atoms with Crippen LogP contribution in [0.5, 0.6) is 0 Å². The quantitative estimate of drug-likeness (QED) is 0.701. The topological polar surface area (TPSA) is 52.3 Å². The average Bonchev–Trinajstić information content (AvgIpc) is 2.69. The van der Waals surface area contributed by atoms with Gasteiger partial charge in [-0.2, -0.15) is 0 Å². The number of fused-ring (bicyclic) bond motifs is 1. The number of esters is 1. The number of carbonyl (C=O) groups excluding carboxylic acids is 1. The first kappa shape index (κ1) is 10.4. The smallest absolute Gasteiger partial charge is 0.337 e. The molecule has 84 valence electrons. The second-order valence-electron chi connectivity index (χ2n) is 4.29. The van der Waals surface area contributed by atoms with Gasteiger partial charge in [0.2, 0.25) is 0 Å². The zero-order valence-electron chi connectivity index (χ0n) is 8.98. The van der Waals surface area contributed by atoms with Crippen molar-refractivity contribution in [1.29, 1.82) is 0 Å². The minimum atomic E-state index is -0.235. The summed E-state index contributed by atoms with van der Waals surface area (Å²) in [5.74, 6) is 1.36. The molecule has 15 heavy (non-hydrogen) atoms. The number of hydrogen-bond donors (Lipinski definition) is 1. The van der Waals surface area contributed by atoms with Gasteiger partial charge in [0, 0.05) is 1.43 Å². The van der Waals surface area contributed by atoms with Gasteiger partial charge in [-0.25, -0.2) is 4.79 Å². The third kappa shape index (κ3) is 1.84. The molecule has 0 aromatic heterocycles. The Morgan fingerprint density at radius 1 is 1.67 bits per heavy atom. The summed E-state index contributed by atoms with van der Waals surface area (Å²) in [5, 5.41) is 0. The maximum Gasteiger partial charge on any atom is 0.337 e. The molecule has 3 nitrogen and oxygen atoms in total. The summed E-state index contributed by atoms with van der Waals surface area (Å²) in [5.41, 5.74) is 6.41. The van der Waals surface area contributed by atoms with Crippen molar-refractivity contribution in [3.63, 3.8) is 0 Å². The summed E-state index contributed by atoms with van der Waals surface area (Å²) in [6.45, 7) is 0.743. The molecule has 0 amide bonds. The molecular weight excluding hydrogens is 190 g/mol. The monoisotopic (exact) mass is 209 g/mol. The van der Waals surface area contributed by atoms with Crippen LogP contribution in [0.1, 0.15) is 14.3 Å². The minimum absolute atomic E-state index is 0. The zero-order chi connectivity index (χ0) is 10.8. The van der Waals surface area contributed by atoms with Gasteiger partial charge >= 0.3 is 5.97 Å². The average molecular weight is 209 g/mol. The maximum absolute atomic E-state index is 11.3. The molecule has 3 heteroatoms. The van der Waals surface area contributed by atoms with Crippen molar-refractivity contribution in [3.8, 4) is 0 Å². The third-order valence-corrected chi connectivity index (χ3v) is 3.52. The van der Waals surface area contributed by atoms with Gasteiger partial charge in [-0.15, -0.1) is 0 Å². The van der Waals surface area contributed by atoms with Crippen LogP contribution in [0.3, 0.4) is 0 Å². The molecule has 0 heterocycles. The number of methoxy groups -OCH3 is 1. The fourth-order valence-electron chi connectivity index (χ4n) is 2.67. The van der Waals surface area contributed by atoms with Crippen molar-refractivity contribution in [2.75, 3.05) is 13.7 Å². The van der Waals surface area contributed by atoms with Crippen LogP contribution in [-0.4, -0.2) is 19.6 Å². The van der Waals surface area contributed by atoms with Gasteiger partial charge in [-0.3, -0.25) is 0 Å². The van der Waals surface area contributed by atoms with E-state index in [9.17, 15) is 4.79 Å². The molecular formula is C12H19NO2. The highest BCUT2D eigenvalue weighted by Crippen LogP contribution is 2.41. The normalized spacial score (nSPS) is 33.5. The first-order valence-electron chi connectivity index (χ1n) is 5.44. The number of nitrogens with two attached hydrogens (primary N) is 1. The first-order valence-corrected chi connectivity index (χ1v) is 5.44. The largest absolute Gasteiger partial charge is 0.465 e. The Morgan fingerprint density at radius 3 is 3.13 bits per heavy atom. The second kappa shape index (κ2) is 4.19. The SMILES string of the molecule is COC(=O)C1=CC2CC[C@H](CN)C2C=C1.[HH]. The Bertz CT molecular complexity index is 325. The highest BCUT2D eigenvalue weighted by molar-refractivity contribution is 5.91. The Balaban J connectivity index is 0.00000128. The standard InChI is InChI=1S/C12H17NO2.H2/c1-15-12(14)9-4-5-11-8(6-9)2-3-10(11)7-13;/h4-6,8,10-11H,2-3,7,13H2,1H3;1H/t8?,10-,11?;/m1./s1. The molecule has 1 saturated carbocycles. The number of carbonyl (C=O) groups is 1. The molecule has 0 saturated heterocycles. The highest BCUT2D eigenvalue weighted by Gasteiger charge is 2.34. The Hall–Kier alpha value is -1.09. The van der Waals surface area contributed by atoms with Crippen LogP contribution < -0.4 is 5.73 Å². The molecule has 2 rings (SSSR count). The van der Waals surface area contributed by atoms with E-state index in [0.717, 1.165) is 13.0 Å². The molecule has 2 unspecified atom stereocenters. The minimum Gasteiger partial charge on any atom is -0.465 e. The summed E-state index contributed by atoms with van der Waals surface area (Å²) in [6, 6.07) is 0. The van der Waals surface area contributed by atoms with E-state index in [0.29, 0.717) is 23.3 Å². The van der Waals surface area contributed by atoms with E-state index in [4.69, 9.17) is 10.5 Å². The van der Waals surface area contributed by atoms with Gasteiger partial charge in [-0.1, -0.05) is 18.2 Å². The molecule has 2 aliphatic carbocycles. The van der Waals surface area contributed by atoms with Crippen LogP contribution >= 0.6 is 0 Å². The molecule has 1 fully saturated rings. The van der Waals surface area contributed by atoms with E-state index in [-0.39, 0.29) is 7.40 Å². The lowest BCUT2D eigenvalue weighted by molar-refractivity contribution is -0.135. The van der Waals surface area contributed by atoms with E-state index in [1.54, 1.807) is 0 Å². The van der Waals surface area contributed by atoms with Crippen molar-refractivity contribution >= 4 is 5.97 Å². The van der Waals surface area contributed by atoms with Crippen molar-refractivity contribution in [1.82, 2.24) is 0 Å². The van der Waals surface area contributed by atoms with Gasteiger partial charge < -0.3 is 10.5 Å². The molecule has 2 N–H and O–H groups in total. The van der Waals surface area contributed by atoms with Crippen molar-refractivity contribution in [3.05, 3.63) is 23.8 Å². The third-order valence-electron chi connectivity index (χ3n) is 3.52. The van der Waals surface area contributed by atoms with Crippen LogP contribution in [0.25, 0.3) is 0 Å². The summed E-state index contributed by atoms with van der Waals surface area (Å²) >= 11 is 0. The van der Waals surface area contributed by atoms with Crippen molar-refractivity contribution in [2.24, 2.45) is 23.5 Å². The molecule has 0 spiro atoms. The van der Waals surface area contributed by atoms with E-state index in [1.807, 2.05) is 12.2 Å². The number of hydrogen-bond acceptors (Lipinski definition) is 3. The predicted molar refractivity (Wildman–Crippen MR) is 60.1 cm³/mol. The highest BCUT2D eigenvalue weighted by atomic mass is 16.5. The van der Waals surface area contributed by atoms with Crippen LogP contribution in [0.15, 0.2) is 23.8 Å². The van der Waals surface area contributed by atoms with Gasteiger partial charge in [0.15, 0.2) is 0 Å². The fourth-order valence-corrected chi connectivity index (χ4v) is 2.67. The molecule has 0 aromatic rings. The summed E-state index contributed by atoms with van der Waals surface area (Å²) < 4.78 is 4.71. The lowest BCUT2D eigenvalue weighted by Crippen LogP contribution is -2.22. The molecule has 0 bridgehead atoms. The van der Waals surface area contributed by atoms with Crippen LogP contribution in [0.2, 0.25) is 0 Å². The van der Waals surface area contributed by atoms with Crippen molar-refractivity contribution in [2.45, 2.75) is 12.8 Å². The zero-order valence-corrected chi connectivity index (χ0v) is 8.98. The van der Waals surface area contributed by atoms with E-state index in [1.165, 1.54) is 13.5 Å². The Kier molecular flexibility index (Phi) is 2.91. The van der Waals surface area contributed by atoms with Gasteiger partial charge in [0.1, 0.15) is 0 Å². The second-order valence-corrected chi connectivity index (χ2v) is 4.29. The Morgan fingerprint density at radius 2 is 2.47 bits per heavy atom. The predicted octanol–water partition coefficient (Wildman–Crippen LogP) is 1.50. The summed E-state index contributed by atoms with van der Waals surface area (Å²) in [6.07, 6.45) is 8.35. The molecule has 0 aliphatic heterocycles. The molecule has 2 aliphatic rings. The summed E-state index contributed by atoms with van der Waals surface area (Å²) in [4.78, 5) is 11.3. The maximum atomic E-state index is 11.3. The van der Waals surface area contributed by atoms with Crippen LogP contribution in [0, 0.1) is 17.8 Å². The number of rotatable bonds is 2. The van der Waals surface area contributed by atoms with Crippen molar-refractivity contribution < 1.29 is 11.0 Å². The van der Waals surface area contributed by atoms with Gasteiger partial charge in [0.05, 0.1) is 12.7 Å². The number of ether oxygens (including phenoxy) is 1. The Labute approximate surface area is 91.5 Å².